The van der Waals surface area contributed by atoms with Crippen molar-refractivity contribution < 1.29 is 14.2 Å². The topological polar surface area (TPSA) is 55.9 Å². The van der Waals surface area contributed by atoms with Crippen molar-refractivity contribution in [1.29, 1.82) is 0 Å². The summed E-state index contributed by atoms with van der Waals surface area (Å²) in [5, 5.41) is 4.50. The third-order valence-corrected chi connectivity index (χ3v) is 6.18. The van der Waals surface area contributed by atoms with Crippen LogP contribution in [-0.4, -0.2) is 57.4 Å². The van der Waals surface area contributed by atoms with E-state index in [9.17, 15) is 0 Å². The van der Waals surface area contributed by atoms with Crippen LogP contribution in [0.4, 0.5) is 0 Å². The maximum Gasteiger partial charge on any atom is 0.164 e. The first-order valence-electron chi connectivity index (χ1n) is 9.35. The fourth-order valence-electron chi connectivity index (χ4n) is 3.70. The van der Waals surface area contributed by atoms with Crippen LogP contribution in [0.2, 0.25) is 0 Å². The molecule has 1 atom stereocenters. The molecule has 1 aliphatic rings. The van der Waals surface area contributed by atoms with Crippen LogP contribution in [0.25, 0.3) is 10.2 Å². The summed E-state index contributed by atoms with van der Waals surface area (Å²) in [5.41, 5.74) is 2.07. The van der Waals surface area contributed by atoms with Crippen LogP contribution in [0.5, 0.6) is 17.2 Å². The third kappa shape index (κ3) is 3.53. The largest absolute Gasteiger partial charge is 0.496 e. The van der Waals surface area contributed by atoms with Gasteiger partial charge in [0.15, 0.2) is 11.5 Å². The highest BCUT2D eigenvalue weighted by Gasteiger charge is 2.30. The molecular weight excluding hydrogens is 374 g/mol. The predicted octanol–water partition coefficient (Wildman–Crippen LogP) is 3.32. The smallest absolute Gasteiger partial charge is 0.164 e. The van der Waals surface area contributed by atoms with Gasteiger partial charge in [-0.2, -0.15) is 0 Å². The van der Waals surface area contributed by atoms with Crippen LogP contribution < -0.4 is 19.5 Å². The number of aromatic nitrogens is 1. The zero-order valence-electron chi connectivity index (χ0n) is 16.4. The molecule has 1 unspecified atom stereocenters. The molecule has 0 amide bonds. The summed E-state index contributed by atoms with van der Waals surface area (Å²) in [6.07, 6.45) is 0. The van der Waals surface area contributed by atoms with Crippen molar-refractivity contribution in [3.05, 3.63) is 47.0 Å². The van der Waals surface area contributed by atoms with Gasteiger partial charge in [0.25, 0.3) is 0 Å². The molecule has 1 fully saturated rings. The van der Waals surface area contributed by atoms with E-state index in [0.717, 1.165) is 48.0 Å². The highest BCUT2D eigenvalue weighted by atomic mass is 32.1. The van der Waals surface area contributed by atoms with Gasteiger partial charge in [-0.3, -0.25) is 4.90 Å². The van der Waals surface area contributed by atoms with Gasteiger partial charge in [0, 0.05) is 37.8 Å². The lowest BCUT2D eigenvalue weighted by Crippen LogP contribution is -2.45. The van der Waals surface area contributed by atoms with E-state index in [1.165, 1.54) is 4.70 Å². The number of hydrogen-bond donors (Lipinski definition) is 1. The summed E-state index contributed by atoms with van der Waals surface area (Å²) in [6.45, 7) is 3.80. The van der Waals surface area contributed by atoms with Gasteiger partial charge in [0.2, 0.25) is 0 Å². The Kier molecular flexibility index (Phi) is 5.66. The molecule has 0 saturated carbocycles. The molecule has 0 radical (unpaired) electrons. The molecule has 1 N–H and O–H groups in total. The van der Waals surface area contributed by atoms with E-state index in [-0.39, 0.29) is 6.04 Å². The van der Waals surface area contributed by atoms with Crippen LogP contribution in [0.1, 0.15) is 16.6 Å². The monoisotopic (exact) mass is 399 g/mol. The highest BCUT2D eigenvalue weighted by molar-refractivity contribution is 7.18. The summed E-state index contributed by atoms with van der Waals surface area (Å²) >= 11 is 1.74. The van der Waals surface area contributed by atoms with E-state index in [0.29, 0.717) is 11.5 Å². The van der Waals surface area contributed by atoms with E-state index in [1.54, 1.807) is 32.7 Å². The number of benzene rings is 2. The Morgan fingerprint density at radius 3 is 2.32 bits per heavy atom. The highest BCUT2D eigenvalue weighted by Crippen LogP contribution is 2.43. The molecule has 0 aliphatic carbocycles. The van der Waals surface area contributed by atoms with E-state index in [2.05, 4.69) is 28.4 Å². The molecule has 1 aliphatic heterocycles. The van der Waals surface area contributed by atoms with Crippen LogP contribution in [0.3, 0.4) is 0 Å². The molecule has 1 saturated heterocycles. The Bertz CT molecular complexity index is 920. The second-order valence-electron chi connectivity index (χ2n) is 6.66. The van der Waals surface area contributed by atoms with E-state index < -0.39 is 0 Å². The molecule has 6 nitrogen and oxygen atoms in total. The second-order valence-corrected chi connectivity index (χ2v) is 7.72. The number of ether oxygens (including phenoxy) is 3. The van der Waals surface area contributed by atoms with Gasteiger partial charge < -0.3 is 19.5 Å². The van der Waals surface area contributed by atoms with Crippen LogP contribution >= 0.6 is 11.3 Å². The average molecular weight is 400 g/mol. The Labute approximate surface area is 169 Å². The van der Waals surface area contributed by atoms with Gasteiger partial charge in [0.1, 0.15) is 10.8 Å². The predicted molar refractivity (Wildman–Crippen MR) is 112 cm³/mol. The minimum Gasteiger partial charge on any atom is -0.496 e. The molecule has 2 aromatic carbocycles. The van der Waals surface area contributed by atoms with Crippen molar-refractivity contribution in [2.45, 2.75) is 6.04 Å². The first-order chi connectivity index (χ1) is 13.7. The molecule has 7 heteroatoms. The lowest BCUT2D eigenvalue weighted by molar-refractivity contribution is 0.194. The van der Waals surface area contributed by atoms with E-state index >= 15 is 0 Å². The lowest BCUT2D eigenvalue weighted by Gasteiger charge is -2.34. The van der Waals surface area contributed by atoms with Crippen LogP contribution in [0.15, 0.2) is 36.4 Å². The van der Waals surface area contributed by atoms with Crippen molar-refractivity contribution in [3.8, 4) is 17.2 Å². The van der Waals surface area contributed by atoms with Gasteiger partial charge >= 0.3 is 0 Å². The Morgan fingerprint density at radius 2 is 1.64 bits per heavy atom. The number of methoxy groups -OCH3 is 3. The summed E-state index contributed by atoms with van der Waals surface area (Å²) in [5.74, 6) is 2.13. The molecule has 28 heavy (non-hydrogen) atoms. The molecule has 1 aromatic heterocycles. The number of rotatable bonds is 6. The summed E-state index contributed by atoms with van der Waals surface area (Å²) in [6, 6.07) is 12.2. The number of nitrogens with zero attached hydrogens (tertiary/aromatic N) is 2. The molecule has 4 rings (SSSR count). The first-order valence-corrected chi connectivity index (χ1v) is 10.2. The van der Waals surface area contributed by atoms with Crippen LogP contribution in [-0.2, 0) is 0 Å². The zero-order chi connectivity index (χ0) is 19.5. The number of nitrogens with one attached hydrogen (secondary N) is 1. The summed E-state index contributed by atoms with van der Waals surface area (Å²) < 4.78 is 18.0. The fraction of sp³-hybridized carbons (Fsp3) is 0.381. The second kappa shape index (κ2) is 8.34. The molecular formula is C21H25N3O3S. The standard InChI is InChI=1S/C21H25N3O3S/c1-25-16-13-18(27-3)17(26-2)12-14(16)20(24-10-8-22-9-11-24)21-23-15-6-4-5-7-19(15)28-21/h4-7,12-13,20,22H,8-11H2,1-3H3. The zero-order valence-corrected chi connectivity index (χ0v) is 17.2. The minimum atomic E-state index is -0.00532. The van der Waals surface area contributed by atoms with Crippen LogP contribution in [0, 0.1) is 0 Å². The summed E-state index contributed by atoms with van der Waals surface area (Å²) in [4.78, 5) is 7.42. The van der Waals surface area contributed by atoms with Crippen molar-refractivity contribution in [2.75, 3.05) is 47.5 Å². The number of fused-ring (bicyclic) bond motifs is 1. The number of para-hydroxylation sites is 1. The Balaban J connectivity index is 1.87. The minimum absolute atomic E-state index is 0.00532. The Hall–Kier alpha value is -2.35. The van der Waals surface area contributed by atoms with Crippen molar-refractivity contribution in [1.82, 2.24) is 15.2 Å². The van der Waals surface area contributed by atoms with Crippen molar-refractivity contribution in [2.24, 2.45) is 0 Å². The third-order valence-electron chi connectivity index (χ3n) is 5.09. The maximum atomic E-state index is 5.75. The van der Waals surface area contributed by atoms with Gasteiger partial charge in [-0.1, -0.05) is 12.1 Å². The lowest BCUT2D eigenvalue weighted by atomic mass is 10.0. The van der Waals surface area contributed by atoms with E-state index in [1.807, 2.05) is 18.2 Å². The van der Waals surface area contributed by atoms with E-state index in [4.69, 9.17) is 19.2 Å². The number of hydrogen-bond acceptors (Lipinski definition) is 7. The molecule has 2 heterocycles. The fourth-order valence-corrected chi connectivity index (χ4v) is 4.82. The average Bonchev–Trinajstić information content (AvgIpc) is 3.17. The van der Waals surface area contributed by atoms with Gasteiger partial charge in [-0.05, 0) is 18.2 Å². The molecule has 148 valence electrons. The quantitative estimate of drug-likeness (QED) is 0.686. The van der Waals surface area contributed by atoms with Crippen molar-refractivity contribution >= 4 is 21.6 Å². The SMILES string of the molecule is COc1cc(OC)c(C(c2nc3ccccc3s2)N2CCNCC2)cc1OC. The van der Waals surface area contributed by atoms with Gasteiger partial charge in [0.05, 0.1) is 37.6 Å². The van der Waals surface area contributed by atoms with Gasteiger partial charge in [-0.15, -0.1) is 11.3 Å². The molecule has 0 spiro atoms. The normalized spacial score (nSPS) is 16.1. The number of piperazine rings is 1. The molecule has 0 bridgehead atoms. The van der Waals surface area contributed by atoms with Gasteiger partial charge in [-0.25, -0.2) is 4.98 Å². The maximum absolute atomic E-state index is 5.75. The number of thiazole rings is 1. The van der Waals surface area contributed by atoms with Crippen molar-refractivity contribution in [3.63, 3.8) is 0 Å². The molecule has 3 aromatic rings. The summed E-state index contributed by atoms with van der Waals surface area (Å²) in [7, 11) is 4.99. The first kappa shape index (κ1) is 19.0. The Morgan fingerprint density at radius 1 is 0.964 bits per heavy atom.